The molecule has 2 heterocycles. The number of nitrogens with two attached hydrogens (primary N) is 1. The maximum atomic E-state index is 12.5. The highest BCUT2D eigenvalue weighted by molar-refractivity contribution is 5.96. The molecule has 2 aromatic heterocycles. The summed E-state index contributed by atoms with van der Waals surface area (Å²) in [7, 11) is 0. The molecule has 0 spiro atoms. The van der Waals surface area contributed by atoms with E-state index >= 15 is 0 Å². The summed E-state index contributed by atoms with van der Waals surface area (Å²) in [6.07, 6.45) is 7.80. The first kappa shape index (κ1) is 21.1. The van der Waals surface area contributed by atoms with Crippen molar-refractivity contribution in [3.8, 4) is 11.1 Å². The number of amides is 1. The van der Waals surface area contributed by atoms with E-state index < -0.39 is 6.04 Å². The van der Waals surface area contributed by atoms with E-state index in [1.807, 2.05) is 30.3 Å². The average Bonchev–Trinajstić information content (AvgIpc) is 3.20. The normalized spacial score (nSPS) is 20.1. The SMILES string of the molecule is CC1CCC([C@H](N)C(=O)Nc2ccc(-c3c[nH]c(=O)c4[nH]ccc34)cc2)CC1.Cl. The first-order valence-corrected chi connectivity index (χ1v) is 9.88. The van der Waals surface area contributed by atoms with Gasteiger partial charge in [-0.05, 0) is 48.4 Å². The number of nitrogens with one attached hydrogen (secondary N) is 3. The van der Waals surface area contributed by atoms with Crippen LogP contribution in [-0.2, 0) is 4.79 Å². The van der Waals surface area contributed by atoms with Gasteiger partial charge in [-0.25, -0.2) is 0 Å². The molecular formula is C22H27ClN4O2. The summed E-state index contributed by atoms with van der Waals surface area (Å²) in [4.78, 5) is 30.1. The van der Waals surface area contributed by atoms with Gasteiger partial charge in [0.25, 0.3) is 5.56 Å². The predicted octanol–water partition coefficient (Wildman–Crippen LogP) is 4.04. The summed E-state index contributed by atoms with van der Waals surface area (Å²) >= 11 is 0. The van der Waals surface area contributed by atoms with E-state index in [2.05, 4.69) is 22.2 Å². The number of carbonyl (C=O) groups is 1. The first-order chi connectivity index (χ1) is 13.5. The van der Waals surface area contributed by atoms with Gasteiger partial charge < -0.3 is 21.0 Å². The van der Waals surface area contributed by atoms with E-state index in [-0.39, 0.29) is 29.8 Å². The summed E-state index contributed by atoms with van der Waals surface area (Å²) in [5.41, 5.74) is 9.26. The monoisotopic (exact) mass is 414 g/mol. The van der Waals surface area contributed by atoms with E-state index in [1.54, 1.807) is 12.4 Å². The van der Waals surface area contributed by atoms with Gasteiger partial charge in [-0.1, -0.05) is 31.9 Å². The molecule has 1 aromatic carbocycles. The molecule has 5 N–H and O–H groups in total. The van der Waals surface area contributed by atoms with Gasteiger partial charge >= 0.3 is 0 Å². The fourth-order valence-corrected chi connectivity index (χ4v) is 4.13. The highest BCUT2D eigenvalue weighted by atomic mass is 35.5. The number of pyridine rings is 1. The number of benzene rings is 1. The van der Waals surface area contributed by atoms with Crippen LogP contribution in [0.3, 0.4) is 0 Å². The van der Waals surface area contributed by atoms with Crippen molar-refractivity contribution in [2.45, 2.75) is 38.6 Å². The Morgan fingerprint density at radius 1 is 1.10 bits per heavy atom. The minimum Gasteiger partial charge on any atom is -0.357 e. The molecule has 1 saturated carbocycles. The van der Waals surface area contributed by atoms with E-state index in [9.17, 15) is 9.59 Å². The number of H-pyrrole nitrogens is 2. The van der Waals surface area contributed by atoms with Crippen LogP contribution in [0, 0.1) is 11.8 Å². The average molecular weight is 415 g/mol. The standard InChI is InChI=1S/C22H26N4O2.ClH/c1-13-2-4-15(5-3-13)19(23)21(27)26-16-8-6-14(7-9-16)18-12-25-22(28)20-17(18)10-11-24-20;/h6-13,15,19,24H,2-5,23H2,1H3,(H,25,28)(H,26,27);1H/t13?,15?,19-;/m0./s1. The van der Waals surface area contributed by atoms with Gasteiger partial charge in [-0.15, -0.1) is 12.4 Å². The van der Waals surface area contributed by atoms with Crippen molar-refractivity contribution in [1.82, 2.24) is 9.97 Å². The lowest BCUT2D eigenvalue weighted by Gasteiger charge is -2.29. The van der Waals surface area contributed by atoms with Gasteiger partial charge in [0.05, 0.1) is 6.04 Å². The number of hydrogen-bond acceptors (Lipinski definition) is 3. The second-order valence-corrected chi connectivity index (χ2v) is 7.91. The molecule has 0 saturated heterocycles. The van der Waals surface area contributed by atoms with Crippen LogP contribution in [0.25, 0.3) is 22.0 Å². The Hall–Kier alpha value is -2.57. The number of carbonyl (C=O) groups excluding carboxylic acids is 1. The molecule has 0 bridgehead atoms. The quantitative estimate of drug-likeness (QED) is 0.517. The molecule has 154 valence electrons. The highest BCUT2D eigenvalue weighted by Crippen LogP contribution is 2.30. The Morgan fingerprint density at radius 2 is 1.79 bits per heavy atom. The van der Waals surface area contributed by atoms with Crippen molar-refractivity contribution in [1.29, 1.82) is 0 Å². The van der Waals surface area contributed by atoms with Crippen LogP contribution in [-0.4, -0.2) is 21.9 Å². The number of fused-ring (bicyclic) bond motifs is 1. The van der Waals surface area contributed by atoms with Crippen molar-refractivity contribution in [3.63, 3.8) is 0 Å². The maximum Gasteiger partial charge on any atom is 0.272 e. The van der Waals surface area contributed by atoms with Crippen LogP contribution in [0.5, 0.6) is 0 Å². The summed E-state index contributed by atoms with van der Waals surface area (Å²) in [5.74, 6) is 0.876. The topological polar surface area (TPSA) is 104 Å². The summed E-state index contributed by atoms with van der Waals surface area (Å²) in [6.45, 7) is 2.26. The number of rotatable bonds is 4. The van der Waals surface area contributed by atoms with Gasteiger partial charge in [-0.2, -0.15) is 0 Å². The molecule has 6 nitrogen and oxygen atoms in total. The molecule has 1 aliphatic rings. The molecule has 1 fully saturated rings. The fraction of sp³-hybridized carbons (Fsp3) is 0.364. The molecule has 1 atom stereocenters. The third kappa shape index (κ3) is 4.38. The maximum absolute atomic E-state index is 12.5. The number of hydrogen-bond donors (Lipinski definition) is 4. The summed E-state index contributed by atoms with van der Waals surface area (Å²) in [6, 6.07) is 9.02. The lowest BCUT2D eigenvalue weighted by Crippen LogP contribution is -2.43. The van der Waals surface area contributed by atoms with Crippen molar-refractivity contribution in [2.24, 2.45) is 17.6 Å². The first-order valence-electron chi connectivity index (χ1n) is 9.88. The Labute approximate surface area is 175 Å². The molecular weight excluding hydrogens is 388 g/mol. The third-order valence-electron chi connectivity index (χ3n) is 5.95. The van der Waals surface area contributed by atoms with Gasteiger partial charge in [0, 0.05) is 29.0 Å². The molecule has 1 amide bonds. The van der Waals surface area contributed by atoms with E-state index in [4.69, 9.17) is 5.73 Å². The minimum atomic E-state index is -0.467. The molecule has 29 heavy (non-hydrogen) atoms. The molecule has 7 heteroatoms. The Balaban J connectivity index is 0.00000240. The summed E-state index contributed by atoms with van der Waals surface area (Å²) in [5, 5.41) is 3.81. The van der Waals surface area contributed by atoms with E-state index in [0.29, 0.717) is 5.52 Å². The van der Waals surface area contributed by atoms with Crippen LogP contribution in [0.4, 0.5) is 5.69 Å². The van der Waals surface area contributed by atoms with Crippen molar-refractivity contribution in [2.75, 3.05) is 5.32 Å². The van der Waals surface area contributed by atoms with Crippen LogP contribution >= 0.6 is 12.4 Å². The van der Waals surface area contributed by atoms with Gasteiger partial charge in [0.2, 0.25) is 5.91 Å². The van der Waals surface area contributed by atoms with E-state index in [1.165, 1.54) is 0 Å². The Kier molecular flexibility index (Phi) is 6.45. The molecule has 0 radical (unpaired) electrons. The highest BCUT2D eigenvalue weighted by Gasteiger charge is 2.28. The smallest absolute Gasteiger partial charge is 0.272 e. The lowest BCUT2D eigenvalue weighted by molar-refractivity contribution is -0.118. The van der Waals surface area contributed by atoms with Crippen molar-refractivity contribution < 1.29 is 4.79 Å². The zero-order valence-electron chi connectivity index (χ0n) is 16.4. The van der Waals surface area contributed by atoms with Crippen LogP contribution in [0.2, 0.25) is 0 Å². The third-order valence-corrected chi connectivity index (χ3v) is 5.95. The van der Waals surface area contributed by atoms with Gasteiger partial charge in [0.15, 0.2) is 0 Å². The number of aromatic amines is 2. The lowest BCUT2D eigenvalue weighted by atomic mass is 9.79. The zero-order chi connectivity index (χ0) is 19.7. The van der Waals surface area contributed by atoms with Gasteiger partial charge in [-0.3, -0.25) is 9.59 Å². The van der Waals surface area contributed by atoms with Crippen molar-refractivity contribution >= 4 is 34.9 Å². The molecule has 1 aliphatic carbocycles. The van der Waals surface area contributed by atoms with Gasteiger partial charge in [0.1, 0.15) is 5.52 Å². The molecule has 0 aliphatic heterocycles. The second kappa shape index (κ2) is 8.84. The van der Waals surface area contributed by atoms with Crippen LogP contribution in [0.15, 0.2) is 47.5 Å². The molecule has 3 aromatic rings. The Morgan fingerprint density at radius 3 is 2.48 bits per heavy atom. The summed E-state index contributed by atoms with van der Waals surface area (Å²) < 4.78 is 0. The van der Waals surface area contributed by atoms with Crippen molar-refractivity contribution in [3.05, 3.63) is 53.1 Å². The van der Waals surface area contributed by atoms with Crippen LogP contribution < -0.4 is 16.6 Å². The molecule has 4 rings (SSSR count). The Bertz CT molecular complexity index is 1030. The molecule has 0 unspecified atom stereocenters. The fourth-order valence-electron chi connectivity index (χ4n) is 4.13. The number of anilines is 1. The zero-order valence-corrected chi connectivity index (χ0v) is 17.2. The number of halogens is 1. The minimum absolute atomic E-state index is 0. The predicted molar refractivity (Wildman–Crippen MR) is 119 cm³/mol. The number of aromatic nitrogens is 2. The largest absolute Gasteiger partial charge is 0.357 e. The second-order valence-electron chi connectivity index (χ2n) is 7.91. The van der Waals surface area contributed by atoms with Crippen LogP contribution in [0.1, 0.15) is 32.6 Å². The van der Waals surface area contributed by atoms with E-state index in [0.717, 1.165) is 53.8 Å².